The standard InChI is InChI=1S/C25H27N5O2/c31-23(19-14-21-22(26-15-19)30(17-27-21)20-6-7-20)29-13-10-25(16-29)9-12-28(24(25)32)11-8-18-4-2-1-3-5-18/h1-5,14-15,17,20H,6-13,16H2. The predicted octanol–water partition coefficient (Wildman–Crippen LogP) is 3.07. The van der Waals surface area contributed by atoms with Crippen LogP contribution in [0.25, 0.3) is 11.2 Å². The second-order valence-corrected chi connectivity index (χ2v) is 9.48. The van der Waals surface area contributed by atoms with Crippen molar-refractivity contribution in [3.05, 3.63) is 60.0 Å². The molecule has 1 unspecified atom stereocenters. The first-order valence-corrected chi connectivity index (χ1v) is 11.6. The zero-order chi connectivity index (χ0) is 21.7. The fraction of sp³-hybridized carbons (Fsp3) is 0.440. The number of likely N-dealkylation sites (tertiary alicyclic amines) is 2. The average Bonchev–Trinajstić information content (AvgIpc) is 3.32. The molecule has 7 nitrogen and oxygen atoms in total. The van der Waals surface area contributed by atoms with E-state index in [1.165, 1.54) is 18.4 Å². The molecule has 1 saturated carbocycles. The van der Waals surface area contributed by atoms with Crippen molar-refractivity contribution in [1.29, 1.82) is 0 Å². The van der Waals surface area contributed by atoms with Gasteiger partial charge in [-0.05, 0) is 43.7 Å². The van der Waals surface area contributed by atoms with Crippen LogP contribution in [0.5, 0.6) is 0 Å². The third-order valence-corrected chi connectivity index (χ3v) is 7.36. The van der Waals surface area contributed by atoms with Crippen molar-refractivity contribution in [2.75, 3.05) is 26.2 Å². The molecule has 0 N–H and O–H groups in total. The van der Waals surface area contributed by atoms with Crippen LogP contribution in [0, 0.1) is 5.41 Å². The third-order valence-electron chi connectivity index (χ3n) is 7.36. The molecule has 3 aliphatic rings. The molecule has 2 aliphatic heterocycles. The number of pyridine rings is 1. The Morgan fingerprint density at radius 1 is 1.09 bits per heavy atom. The van der Waals surface area contributed by atoms with Crippen molar-refractivity contribution in [3.8, 4) is 0 Å². The molecule has 3 aromatic rings. The third kappa shape index (κ3) is 3.27. The molecule has 1 spiro atoms. The molecule has 7 heteroatoms. The van der Waals surface area contributed by atoms with Crippen LogP contribution >= 0.6 is 0 Å². The number of nitrogens with zero attached hydrogens (tertiary/aromatic N) is 5. The van der Waals surface area contributed by atoms with Crippen LogP contribution in [0.3, 0.4) is 0 Å². The first-order chi connectivity index (χ1) is 15.6. The number of carbonyl (C=O) groups excluding carboxylic acids is 2. The molecule has 4 heterocycles. The highest BCUT2D eigenvalue weighted by atomic mass is 16.2. The molecule has 32 heavy (non-hydrogen) atoms. The molecule has 2 amide bonds. The van der Waals surface area contributed by atoms with Gasteiger partial charge in [0.25, 0.3) is 5.91 Å². The Hall–Kier alpha value is -3.22. The number of aromatic nitrogens is 3. The molecule has 0 radical (unpaired) electrons. The Balaban J connectivity index is 1.13. The number of benzene rings is 1. The van der Waals surface area contributed by atoms with E-state index < -0.39 is 5.41 Å². The summed E-state index contributed by atoms with van der Waals surface area (Å²) in [6.45, 7) is 2.63. The lowest BCUT2D eigenvalue weighted by Gasteiger charge is -2.24. The van der Waals surface area contributed by atoms with E-state index in [9.17, 15) is 9.59 Å². The number of amides is 2. The van der Waals surface area contributed by atoms with Crippen LogP contribution in [0.1, 0.15) is 47.6 Å². The molecule has 1 atom stereocenters. The van der Waals surface area contributed by atoms with Gasteiger partial charge < -0.3 is 14.4 Å². The summed E-state index contributed by atoms with van der Waals surface area (Å²) < 4.78 is 2.11. The quantitative estimate of drug-likeness (QED) is 0.625. The van der Waals surface area contributed by atoms with Crippen LogP contribution in [0.2, 0.25) is 0 Å². The highest BCUT2D eigenvalue weighted by molar-refractivity contribution is 5.97. The Kier molecular flexibility index (Phi) is 4.52. The predicted molar refractivity (Wildman–Crippen MR) is 120 cm³/mol. The molecular weight excluding hydrogens is 402 g/mol. The van der Waals surface area contributed by atoms with Crippen molar-refractivity contribution < 1.29 is 9.59 Å². The van der Waals surface area contributed by atoms with E-state index in [0.717, 1.165) is 43.5 Å². The summed E-state index contributed by atoms with van der Waals surface area (Å²) in [6, 6.07) is 12.6. The van der Waals surface area contributed by atoms with Crippen molar-refractivity contribution >= 4 is 23.0 Å². The van der Waals surface area contributed by atoms with Crippen LogP contribution in [-0.4, -0.2) is 62.3 Å². The smallest absolute Gasteiger partial charge is 0.255 e. The van der Waals surface area contributed by atoms with E-state index in [-0.39, 0.29) is 11.8 Å². The van der Waals surface area contributed by atoms with Crippen molar-refractivity contribution in [1.82, 2.24) is 24.3 Å². The van der Waals surface area contributed by atoms with Gasteiger partial charge in [-0.15, -0.1) is 0 Å². The minimum Gasteiger partial charge on any atom is -0.342 e. The van der Waals surface area contributed by atoms with E-state index >= 15 is 0 Å². The monoisotopic (exact) mass is 429 g/mol. The highest BCUT2D eigenvalue weighted by Crippen LogP contribution is 2.41. The van der Waals surface area contributed by atoms with Crippen molar-refractivity contribution in [3.63, 3.8) is 0 Å². The number of imidazole rings is 1. The Labute approximate surface area is 187 Å². The zero-order valence-corrected chi connectivity index (χ0v) is 18.1. The van der Waals surface area contributed by atoms with E-state index in [0.29, 0.717) is 24.7 Å². The fourth-order valence-corrected chi connectivity index (χ4v) is 5.28. The summed E-state index contributed by atoms with van der Waals surface area (Å²) >= 11 is 0. The van der Waals surface area contributed by atoms with Gasteiger partial charge in [-0.25, -0.2) is 9.97 Å². The summed E-state index contributed by atoms with van der Waals surface area (Å²) in [5, 5.41) is 0. The van der Waals surface area contributed by atoms with Crippen LogP contribution in [0.4, 0.5) is 0 Å². The lowest BCUT2D eigenvalue weighted by molar-refractivity contribution is -0.135. The van der Waals surface area contributed by atoms with Crippen molar-refractivity contribution in [2.45, 2.75) is 38.1 Å². The van der Waals surface area contributed by atoms with Crippen molar-refractivity contribution in [2.24, 2.45) is 5.41 Å². The number of hydrogen-bond acceptors (Lipinski definition) is 4. The summed E-state index contributed by atoms with van der Waals surface area (Å²) in [6.07, 6.45) is 8.26. The van der Waals surface area contributed by atoms with E-state index in [1.54, 1.807) is 6.20 Å². The normalized spacial score (nSPS) is 23.1. The maximum atomic E-state index is 13.3. The summed E-state index contributed by atoms with van der Waals surface area (Å²) in [4.78, 5) is 39.3. The van der Waals surface area contributed by atoms with Gasteiger partial charge >= 0.3 is 0 Å². The highest BCUT2D eigenvalue weighted by Gasteiger charge is 2.51. The molecule has 164 valence electrons. The molecule has 2 saturated heterocycles. The lowest BCUT2D eigenvalue weighted by Crippen LogP contribution is -2.39. The Morgan fingerprint density at radius 3 is 2.72 bits per heavy atom. The van der Waals surface area contributed by atoms with E-state index in [4.69, 9.17) is 0 Å². The summed E-state index contributed by atoms with van der Waals surface area (Å²) in [5.74, 6) is 0.160. The molecule has 2 aromatic heterocycles. The van der Waals surface area contributed by atoms with Gasteiger partial charge in [-0.1, -0.05) is 30.3 Å². The van der Waals surface area contributed by atoms with Gasteiger partial charge in [0.05, 0.1) is 17.3 Å². The van der Waals surface area contributed by atoms with Crippen LogP contribution in [0.15, 0.2) is 48.9 Å². The minimum atomic E-state index is -0.419. The van der Waals surface area contributed by atoms with Gasteiger partial charge in [-0.3, -0.25) is 9.59 Å². The molecular formula is C25H27N5O2. The van der Waals surface area contributed by atoms with Crippen LogP contribution < -0.4 is 0 Å². The first-order valence-electron chi connectivity index (χ1n) is 11.6. The maximum Gasteiger partial charge on any atom is 0.255 e. The largest absolute Gasteiger partial charge is 0.342 e. The van der Waals surface area contributed by atoms with Crippen LogP contribution in [-0.2, 0) is 11.2 Å². The second kappa shape index (κ2) is 7.43. The van der Waals surface area contributed by atoms with Gasteiger partial charge in [-0.2, -0.15) is 0 Å². The molecule has 0 bridgehead atoms. The topological polar surface area (TPSA) is 71.3 Å². The number of hydrogen-bond donors (Lipinski definition) is 0. The number of fused-ring (bicyclic) bond motifs is 1. The number of carbonyl (C=O) groups is 2. The average molecular weight is 430 g/mol. The first kappa shape index (κ1) is 19.5. The zero-order valence-electron chi connectivity index (χ0n) is 18.1. The molecule has 1 aliphatic carbocycles. The van der Waals surface area contributed by atoms with Gasteiger partial charge in [0, 0.05) is 38.4 Å². The summed E-state index contributed by atoms with van der Waals surface area (Å²) in [5.41, 5.74) is 3.00. The molecule has 3 fully saturated rings. The Morgan fingerprint density at radius 2 is 1.91 bits per heavy atom. The molecule has 1 aromatic carbocycles. The van der Waals surface area contributed by atoms with Gasteiger partial charge in [0.2, 0.25) is 5.91 Å². The van der Waals surface area contributed by atoms with Gasteiger partial charge in [0.15, 0.2) is 5.65 Å². The Bertz CT molecular complexity index is 1190. The SMILES string of the molecule is O=C(c1cnc2c(c1)ncn2C1CC1)N1CCC2(CCN(CCc3ccccc3)C2=O)C1. The second-order valence-electron chi connectivity index (χ2n) is 9.48. The van der Waals surface area contributed by atoms with E-state index in [1.807, 2.05) is 40.4 Å². The maximum absolute atomic E-state index is 13.3. The molecule has 6 rings (SSSR count). The number of rotatable bonds is 5. The lowest BCUT2D eigenvalue weighted by atomic mass is 9.85. The van der Waals surface area contributed by atoms with Gasteiger partial charge in [0.1, 0.15) is 5.52 Å². The minimum absolute atomic E-state index is 0.0483. The fourth-order valence-electron chi connectivity index (χ4n) is 5.28. The summed E-state index contributed by atoms with van der Waals surface area (Å²) in [7, 11) is 0. The van der Waals surface area contributed by atoms with E-state index in [2.05, 4.69) is 26.7 Å².